The fourth-order valence-corrected chi connectivity index (χ4v) is 2.42. The Morgan fingerprint density at radius 3 is 2.38 bits per heavy atom. The Morgan fingerprint density at radius 1 is 1.06 bits per heavy atom. The summed E-state index contributed by atoms with van der Waals surface area (Å²) in [6.45, 7) is 4.06. The molecule has 0 saturated heterocycles. The van der Waals surface area contributed by atoms with Gasteiger partial charge in [0.25, 0.3) is 0 Å². The summed E-state index contributed by atoms with van der Waals surface area (Å²) in [5.41, 5.74) is 0. The first-order valence-electron chi connectivity index (χ1n) is 6.77. The zero-order valence-electron chi connectivity index (χ0n) is 10.3. The van der Waals surface area contributed by atoms with Crippen LogP contribution in [0.15, 0.2) is 0 Å². The molecule has 0 heterocycles. The first-order valence-corrected chi connectivity index (χ1v) is 6.77. The minimum atomic E-state index is 0.263. The third-order valence-corrected chi connectivity index (χ3v) is 3.82. The lowest BCUT2D eigenvalue weighted by atomic mass is 9.87. The van der Waals surface area contributed by atoms with Gasteiger partial charge in [0, 0.05) is 25.0 Å². The van der Waals surface area contributed by atoms with Crippen LogP contribution in [0.1, 0.15) is 45.4 Å². The molecule has 0 atom stereocenters. The maximum Gasteiger partial charge on any atom is 0.223 e. The molecule has 92 valence electrons. The molecule has 3 heteroatoms. The van der Waals surface area contributed by atoms with E-state index in [1.165, 1.54) is 25.7 Å². The van der Waals surface area contributed by atoms with Crippen LogP contribution in [-0.2, 0) is 4.79 Å². The van der Waals surface area contributed by atoms with Crippen LogP contribution < -0.4 is 10.6 Å². The van der Waals surface area contributed by atoms with E-state index in [1.54, 1.807) is 0 Å². The van der Waals surface area contributed by atoms with E-state index in [0.29, 0.717) is 12.0 Å². The van der Waals surface area contributed by atoms with E-state index in [1.807, 2.05) is 0 Å². The molecule has 2 fully saturated rings. The van der Waals surface area contributed by atoms with Crippen LogP contribution in [-0.4, -0.2) is 25.0 Å². The maximum atomic E-state index is 11.4. The quantitative estimate of drug-likeness (QED) is 0.698. The molecular formula is C13H24N2O. The van der Waals surface area contributed by atoms with E-state index < -0.39 is 0 Å². The molecule has 2 N–H and O–H groups in total. The Balaban J connectivity index is 1.49. The van der Waals surface area contributed by atoms with Gasteiger partial charge in [-0.25, -0.2) is 0 Å². The normalized spacial score (nSPS) is 30.1. The molecule has 0 unspecified atom stereocenters. The number of hydrogen-bond donors (Lipinski definition) is 2. The average Bonchev–Trinajstić information content (AvgIpc) is 3.10. The molecule has 2 saturated carbocycles. The number of nitrogens with one attached hydrogen (secondary N) is 2. The fraction of sp³-hybridized carbons (Fsp3) is 0.923. The smallest absolute Gasteiger partial charge is 0.223 e. The summed E-state index contributed by atoms with van der Waals surface area (Å²) in [6, 6.07) is 0.689. The van der Waals surface area contributed by atoms with Crippen molar-refractivity contribution in [2.24, 2.45) is 11.8 Å². The van der Waals surface area contributed by atoms with Crippen molar-refractivity contribution < 1.29 is 4.79 Å². The summed E-state index contributed by atoms with van der Waals surface area (Å²) in [4.78, 5) is 11.4. The lowest BCUT2D eigenvalue weighted by molar-refractivity contribution is -0.122. The highest BCUT2D eigenvalue weighted by molar-refractivity contribution is 5.80. The zero-order valence-corrected chi connectivity index (χ0v) is 10.3. The fourth-order valence-electron chi connectivity index (χ4n) is 2.42. The van der Waals surface area contributed by atoms with Crippen LogP contribution in [0.4, 0.5) is 0 Å². The summed E-state index contributed by atoms with van der Waals surface area (Å²) in [5, 5.41) is 6.53. The molecule has 2 aliphatic rings. The molecule has 0 aromatic carbocycles. The monoisotopic (exact) mass is 224 g/mol. The second kappa shape index (κ2) is 5.67. The molecule has 16 heavy (non-hydrogen) atoms. The van der Waals surface area contributed by atoms with Crippen molar-refractivity contribution in [1.82, 2.24) is 10.6 Å². The van der Waals surface area contributed by atoms with Gasteiger partial charge in [0.1, 0.15) is 0 Å². The molecule has 0 aromatic heterocycles. The van der Waals surface area contributed by atoms with Gasteiger partial charge in [0.2, 0.25) is 5.91 Å². The van der Waals surface area contributed by atoms with E-state index in [0.717, 1.165) is 31.8 Å². The molecule has 0 aliphatic heterocycles. The molecule has 1 amide bonds. The minimum absolute atomic E-state index is 0.263. The summed E-state index contributed by atoms with van der Waals surface area (Å²) in [5.74, 6) is 1.52. The average molecular weight is 224 g/mol. The van der Waals surface area contributed by atoms with Crippen LogP contribution >= 0.6 is 0 Å². The van der Waals surface area contributed by atoms with Gasteiger partial charge >= 0.3 is 0 Å². The molecule has 0 radical (unpaired) electrons. The van der Waals surface area contributed by atoms with Gasteiger partial charge in [-0.3, -0.25) is 4.79 Å². The Labute approximate surface area is 98.4 Å². The topological polar surface area (TPSA) is 41.1 Å². The number of carbonyl (C=O) groups excluding carboxylic acids is 1. The van der Waals surface area contributed by atoms with Gasteiger partial charge < -0.3 is 10.6 Å². The standard InChI is InChI=1S/C13H24N2O/c1-10-2-6-12(7-3-10)14-8-9-15-13(16)11-4-5-11/h10-12,14H,2-9H2,1H3,(H,15,16). The predicted octanol–water partition coefficient (Wildman–Crippen LogP) is 1.68. The highest BCUT2D eigenvalue weighted by Crippen LogP contribution is 2.28. The number of rotatable bonds is 5. The maximum absolute atomic E-state index is 11.4. The molecule has 3 nitrogen and oxygen atoms in total. The van der Waals surface area contributed by atoms with Crippen LogP contribution in [0, 0.1) is 11.8 Å². The Kier molecular flexibility index (Phi) is 4.22. The van der Waals surface area contributed by atoms with Crippen molar-refractivity contribution in [3.05, 3.63) is 0 Å². The predicted molar refractivity (Wildman–Crippen MR) is 65.2 cm³/mol. The zero-order chi connectivity index (χ0) is 11.4. The van der Waals surface area contributed by atoms with E-state index in [2.05, 4.69) is 17.6 Å². The second-order valence-electron chi connectivity index (χ2n) is 5.48. The van der Waals surface area contributed by atoms with Crippen molar-refractivity contribution in [2.75, 3.05) is 13.1 Å². The third kappa shape index (κ3) is 3.78. The van der Waals surface area contributed by atoms with Gasteiger partial charge in [-0.1, -0.05) is 6.92 Å². The Bertz CT molecular complexity index is 230. The van der Waals surface area contributed by atoms with Gasteiger partial charge in [0.05, 0.1) is 0 Å². The highest BCUT2D eigenvalue weighted by atomic mass is 16.2. The van der Waals surface area contributed by atoms with Crippen molar-refractivity contribution >= 4 is 5.91 Å². The summed E-state index contributed by atoms with van der Waals surface area (Å²) in [7, 11) is 0. The van der Waals surface area contributed by atoms with Gasteiger partial charge in [-0.15, -0.1) is 0 Å². The molecule has 0 aromatic rings. The summed E-state index contributed by atoms with van der Waals surface area (Å²) >= 11 is 0. The molecule has 0 spiro atoms. The van der Waals surface area contributed by atoms with Crippen molar-refractivity contribution in [3.63, 3.8) is 0 Å². The second-order valence-corrected chi connectivity index (χ2v) is 5.48. The van der Waals surface area contributed by atoms with Crippen molar-refractivity contribution in [2.45, 2.75) is 51.5 Å². The SMILES string of the molecule is CC1CCC(NCCNC(=O)C2CC2)CC1. The molecule has 2 aliphatic carbocycles. The van der Waals surface area contributed by atoms with Crippen molar-refractivity contribution in [1.29, 1.82) is 0 Å². The third-order valence-electron chi connectivity index (χ3n) is 3.82. The number of carbonyl (C=O) groups is 1. The van der Waals surface area contributed by atoms with Crippen molar-refractivity contribution in [3.8, 4) is 0 Å². The largest absolute Gasteiger partial charge is 0.355 e. The number of hydrogen-bond acceptors (Lipinski definition) is 2. The van der Waals surface area contributed by atoms with Gasteiger partial charge in [0.15, 0.2) is 0 Å². The first kappa shape index (κ1) is 11.9. The molecular weight excluding hydrogens is 200 g/mol. The highest BCUT2D eigenvalue weighted by Gasteiger charge is 2.29. The van der Waals surface area contributed by atoms with Gasteiger partial charge in [-0.05, 0) is 44.4 Å². The van der Waals surface area contributed by atoms with Crippen LogP contribution in [0.2, 0.25) is 0 Å². The van der Waals surface area contributed by atoms with E-state index in [-0.39, 0.29) is 5.91 Å². The number of amides is 1. The lowest BCUT2D eigenvalue weighted by Gasteiger charge is -2.27. The Hall–Kier alpha value is -0.570. The lowest BCUT2D eigenvalue weighted by Crippen LogP contribution is -2.39. The molecule has 2 rings (SSSR count). The Morgan fingerprint density at radius 2 is 1.75 bits per heavy atom. The van der Waals surface area contributed by atoms with Crippen LogP contribution in [0.25, 0.3) is 0 Å². The van der Waals surface area contributed by atoms with Gasteiger partial charge in [-0.2, -0.15) is 0 Å². The van der Waals surface area contributed by atoms with E-state index in [4.69, 9.17) is 0 Å². The summed E-state index contributed by atoms with van der Waals surface area (Å²) < 4.78 is 0. The van der Waals surface area contributed by atoms with E-state index >= 15 is 0 Å². The minimum Gasteiger partial charge on any atom is -0.355 e. The summed E-state index contributed by atoms with van der Waals surface area (Å²) in [6.07, 6.45) is 7.51. The first-order chi connectivity index (χ1) is 7.75. The molecule has 0 bridgehead atoms. The van der Waals surface area contributed by atoms with Crippen LogP contribution in [0.5, 0.6) is 0 Å². The van der Waals surface area contributed by atoms with E-state index in [9.17, 15) is 4.79 Å². The van der Waals surface area contributed by atoms with Crippen LogP contribution in [0.3, 0.4) is 0 Å².